The third kappa shape index (κ3) is 3.83. The van der Waals surface area contributed by atoms with E-state index in [0.717, 1.165) is 31.7 Å². The molecule has 0 aliphatic carbocycles. The number of carbonyl (C=O) groups excluding carboxylic acids is 1. The van der Waals surface area contributed by atoms with Gasteiger partial charge in [0.05, 0.1) is 12.7 Å². The highest BCUT2D eigenvalue weighted by molar-refractivity contribution is 7.96. The number of ketones is 1. The van der Waals surface area contributed by atoms with Crippen molar-refractivity contribution in [3.63, 3.8) is 0 Å². The van der Waals surface area contributed by atoms with E-state index in [2.05, 4.69) is 10.6 Å². The third-order valence-corrected chi connectivity index (χ3v) is 4.00. The van der Waals surface area contributed by atoms with E-state index >= 15 is 0 Å². The maximum absolute atomic E-state index is 12.0. The highest BCUT2D eigenvalue weighted by Crippen LogP contribution is 2.17. The summed E-state index contributed by atoms with van der Waals surface area (Å²) in [5.41, 5.74) is 0.801. The zero-order valence-electron chi connectivity index (χ0n) is 10.7. The van der Waals surface area contributed by atoms with Crippen molar-refractivity contribution in [3.8, 4) is 0 Å². The van der Waals surface area contributed by atoms with Gasteiger partial charge in [0.25, 0.3) is 0 Å². The van der Waals surface area contributed by atoms with Crippen molar-refractivity contribution in [3.05, 3.63) is 35.9 Å². The largest absolute Gasteiger partial charge is 0.375 e. The van der Waals surface area contributed by atoms with E-state index in [-0.39, 0.29) is 11.9 Å². The second kappa shape index (κ2) is 6.92. The van der Waals surface area contributed by atoms with Crippen LogP contribution in [0.15, 0.2) is 30.3 Å². The third-order valence-electron chi connectivity index (χ3n) is 3.15. The van der Waals surface area contributed by atoms with Gasteiger partial charge in [-0.15, -0.1) is 0 Å². The van der Waals surface area contributed by atoms with Crippen LogP contribution in [-0.2, 0) is 4.74 Å². The van der Waals surface area contributed by atoms with Crippen LogP contribution in [0, 0.1) is 0 Å². The minimum Gasteiger partial charge on any atom is -0.375 e. The van der Waals surface area contributed by atoms with E-state index in [4.69, 9.17) is 4.74 Å². The SMILES string of the molecule is CSN1CCOC(CCC(=O)c2ccccc2)C1. The van der Waals surface area contributed by atoms with E-state index in [9.17, 15) is 4.79 Å². The summed E-state index contributed by atoms with van der Waals surface area (Å²) in [6.07, 6.45) is 3.65. The molecule has 0 amide bonds. The van der Waals surface area contributed by atoms with Crippen molar-refractivity contribution < 1.29 is 9.53 Å². The minimum atomic E-state index is 0.193. The lowest BCUT2D eigenvalue weighted by Crippen LogP contribution is -2.38. The fourth-order valence-electron chi connectivity index (χ4n) is 2.09. The highest BCUT2D eigenvalue weighted by atomic mass is 32.2. The highest BCUT2D eigenvalue weighted by Gasteiger charge is 2.20. The van der Waals surface area contributed by atoms with Gasteiger partial charge in [0.15, 0.2) is 5.78 Å². The van der Waals surface area contributed by atoms with Gasteiger partial charge in [-0.25, -0.2) is 4.31 Å². The lowest BCUT2D eigenvalue weighted by molar-refractivity contribution is -0.00283. The molecule has 3 nitrogen and oxygen atoms in total. The first-order valence-corrected chi connectivity index (χ1v) is 7.46. The zero-order chi connectivity index (χ0) is 12.8. The minimum absolute atomic E-state index is 0.193. The lowest BCUT2D eigenvalue weighted by atomic mass is 10.0. The van der Waals surface area contributed by atoms with Crippen LogP contribution in [0.5, 0.6) is 0 Å². The van der Waals surface area contributed by atoms with Crippen molar-refractivity contribution in [2.45, 2.75) is 18.9 Å². The van der Waals surface area contributed by atoms with E-state index in [1.807, 2.05) is 30.3 Å². The molecule has 1 saturated heterocycles. The first-order valence-electron chi connectivity index (χ1n) is 6.28. The topological polar surface area (TPSA) is 29.5 Å². The number of hydrogen-bond acceptors (Lipinski definition) is 4. The molecule has 1 atom stereocenters. The molecule has 2 rings (SSSR count). The van der Waals surface area contributed by atoms with E-state index in [1.165, 1.54) is 0 Å². The Balaban J connectivity index is 1.79. The second-order valence-corrected chi connectivity index (χ2v) is 5.27. The number of carbonyl (C=O) groups is 1. The zero-order valence-corrected chi connectivity index (χ0v) is 11.5. The molecule has 1 unspecified atom stereocenters. The molecule has 18 heavy (non-hydrogen) atoms. The van der Waals surface area contributed by atoms with Gasteiger partial charge >= 0.3 is 0 Å². The second-order valence-electron chi connectivity index (χ2n) is 4.39. The van der Waals surface area contributed by atoms with Gasteiger partial charge < -0.3 is 4.74 Å². The van der Waals surface area contributed by atoms with E-state index < -0.39 is 0 Å². The summed E-state index contributed by atoms with van der Waals surface area (Å²) < 4.78 is 7.98. The van der Waals surface area contributed by atoms with Crippen LogP contribution in [0.1, 0.15) is 23.2 Å². The van der Waals surface area contributed by atoms with Crippen LogP contribution < -0.4 is 0 Å². The van der Waals surface area contributed by atoms with Gasteiger partial charge in [0.1, 0.15) is 0 Å². The van der Waals surface area contributed by atoms with Gasteiger partial charge in [-0.05, 0) is 12.7 Å². The standard InChI is InChI=1S/C14H19NO2S/c1-18-15-9-10-17-13(11-15)7-8-14(16)12-5-3-2-4-6-12/h2-6,13H,7-11H2,1H3. The molecule has 1 heterocycles. The Kier molecular flexibility index (Phi) is 5.23. The van der Waals surface area contributed by atoms with Crippen molar-refractivity contribution in [1.29, 1.82) is 0 Å². The Morgan fingerprint density at radius 3 is 2.94 bits per heavy atom. The number of Topliss-reactive ketones (excluding diaryl/α,β-unsaturated/α-hetero) is 1. The molecular weight excluding hydrogens is 246 g/mol. The van der Waals surface area contributed by atoms with Crippen LogP contribution in [0.3, 0.4) is 0 Å². The quantitative estimate of drug-likeness (QED) is 0.604. The number of rotatable bonds is 5. The Bertz CT molecular complexity index is 383. The molecule has 0 saturated carbocycles. The van der Waals surface area contributed by atoms with Crippen molar-refractivity contribution in [2.75, 3.05) is 26.0 Å². The molecule has 0 bridgehead atoms. The summed E-state index contributed by atoms with van der Waals surface area (Å²) in [5.74, 6) is 0.209. The molecule has 0 radical (unpaired) electrons. The molecule has 1 fully saturated rings. The van der Waals surface area contributed by atoms with Crippen LogP contribution in [-0.4, -0.2) is 42.1 Å². The number of ether oxygens (including phenoxy) is 1. The van der Waals surface area contributed by atoms with Crippen molar-refractivity contribution >= 4 is 17.7 Å². The van der Waals surface area contributed by atoms with Gasteiger partial charge in [-0.3, -0.25) is 4.79 Å². The number of benzene rings is 1. The molecule has 98 valence electrons. The number of hydrogen-bond donors (Lipinski definition) is 0. The molecule has 1 aliphatic heterocycles. The number of nitrogens with zero attached hydrogens (tertiary/aromatic N) is 1. The Hall–Kier alpha value is -0.840. The molecular formula is C14H19NO2S. The molecule has 4 heteroatoms. The predicted octanol–water partition coefficient (Wildman–Crippen LogP) is 2.63. The molecule has 1 aromatic rings. The van der Waals surface area contributed by atoms with Gasteiger partial charge in [-0.1, -0.05) is 42.3 Å². The summed E-state index contributed by atoms with van der Waals surface area (Å²) in [7, 11) is 0. The first kappa shape index (κ1) is 13.6. The molecule has 1 aromatic carbocycles. The predicted molar refractivity (Wildman–Crippen MR) is 74.8 cm³/mol. The molecule has 0 N–H and O–H groups in total. The Morgan fingerprint density at radius 2 is 2.22 bits per heavy atom. The van der Waals surface area contributed by atoms with E-state index in [1.54, 1.807) is 11.9 Å². The van der Waals surface area contributed by atoms with Crippen molar-refractivity contribution in [2.24, 2.45) is 0 Å². The summed E-state index contributed by atoms with van der Waals surface area (Å²) in [6, 6.07) is 9.48. The molecule has 0 aromatic heterocycles. The van der Waals surface area contributed by atoms with Gasteiger partial charge in [0, 0.05) is 25.1 Å². The van der Waals surface area contributed by atoms with Crippen molar-refractivity contribution in [1.82, 2.24) is 4.31 Å². The monoisotopic (exact) mass is 265 g/mol. The molecule has 0 spiro atoms. The van der Waals surface area contributed by atoms with Gasteiger partial charge in [0.2, 0.25) is 0 Å². The first-order chi connectivity index (χ1) is 8.79. The molecule has 1 aliphatic rings. The van der Waals surface area contributed by atoms with E-state index in [0.29, 0.717) is 6.42 Å². The fourth-order valence-corrected chi connectivity index (χ4v) is 2.67. The lowest BCUT2D eigenvalue weighted by Gasteiger charge is -2.31. The Morgan fingerprint density at radius 1 is 1.44 bits per heavy atom. The normalized spacial score (nSPS) is 20.8. The smallest absolute Gasteiger partial charge is 0.162 e. The number of morpholine rings is 1. The summed E-state index contributed by atoms with van der Waals surface area (Å²) in [6.45, 7) is 2.67. The summed E-state index contributed by atoms with van der Waals surface area (Å²) >= 11 is 1.75. The fraction of sp³-hybridized carbons (Fsp3) is 0.500. The maximum Gasteiger partial charge on any atom is 0.162 e. The van der Waals surface area contributed by atoms with Crippen LogP contribution >= 0.6 is 11.9 Å². The average Bonchev–Trinajstić information content (AvgIpc) is 2.46. The summed E-state index contributed by atoms with van der Waals surface area (Å²) in [5, 5.41) is 0. The average molecular weight is 265 g/mol. The Labute approximate surface area is 113 Å². The van der Waals surface area contributed by atoms with Gasteiger partial charge in [-0.2, -0.15) is 0 Å². The van der Waals surface area contributed by atoms with Crippen LogP contribution in [0.4, 0.5) is 0 Å². The van der Waals surface area contributed by atoms with Crippen LogP contribution in [0.25, 0.3) is 0 Å². The summed E-state index contributed by atoms with van der Waals surface area (Å²) in [4.78, 5) is 12.0. The maximum atomic E-state index is 12.0. The van der Waals surface area contributed by atoms with Crippen LogP contribution in [0.2, 0.25) is 0 Å².